The Hall–Kier alpha value is -4.70. The second-order valence-corrected chi connectivity index (χ2v) is 15.4. The maximum atomic E-state index is 15.8. The number of carbonyl (C=O) groups excluding carboxylic acids is 1. The summed E-state index contributed by atoms with van der Waals surface area (Å²) in [4.78, 5) is 17.7. The van der Waals surface area contributed by atoms with Gasteiger partial charge < -0.3 is 28.6 Å². The van der Waals surface area contributed by atoms with Crippen LogP contribution in [-0.2, 0) is 21.3 Å². The number of halogens is 2. The van der Waals surface area contributed by atoms with Gasteiger partial charge in [-0.2, -0.15) is 4.37 Å². The normalized spacial score (nSPS) is 16.4. The zero-order valence-corrected chi connectivity index (χ0v) is 30.7. The lowest BCUT2D eigenvalue weighted by Gasteiger charge is -2.39. The Morgan fingerprint density at radius 3 is 2.29 bits per heavy atom. The fourth-order valence-electron chi connectivity index (χ4n) is 5.79. The van der Waals surface area contributed by atoms with Crippen molar-refractivity contribution in [2.45, 2.75) is 50.2 Å². The van der Waals surface area contributed by atoms with Crippen LogP contribution in [0.2, 0.25) is 0 Å². The average Bonchev–Trinajstić information content (AvgIpc) is 3.64. The molecule has 0 saturated carbocycles. The first-order chi connectivity index (χ1) is 24.2. The molecule has 1 aliphatic rings. The van der Waals surface area contributed by atoms with E-state index in [0.29, 0.717) is 47.9 Å². The number of amides is 1. The van der Waals surface area contributed by atoms with Crippen molar-refractivity contribution in [2.75, 3.05) is 45.3 Å². The molecule has 0 aliphatic carbocycles. The molecular formula is C35H40F2N4O8S2. The van der Waals surface area contributed by atoms with Gasteiger partial charge in [0.05, 0.1) is 34.5 Å². The number of likely N-dealkylation sites (tertiary alicyclic amines) is 1. The van der Waals surface area contributed by atoms with Crippen LogP contribution in [0.1, 0.15) is 44.2 Å². The van der Waals surface area contributed by atoms with Crippen LogP contribution < -0.4 is 23.3 Å². The van der Waals surface area contributed by atoms with Crippen molar-refractivity contribution in [1.82, 2.24) is 14.3 Å². The van der Waals surface area contributed by atoms with Gasteiger partial charge in [0.1, 0.15) is 39.9 Å². The summed E-state index contributed by atoms with van der Waals surface area (Å²) in [5.41, 5.74) is 0.675. The lowest BCUT2D eigenvalue weighted by atomic mass is 9.81. The molecular weight excluding hydrogens is 707 g/mol. The largest absolute Gasteiger partial charge is 0.497 e. The number of ether oxygens (including phenoxy) is 5. The number of hydrogen-bond donors (Lipinski definition) is 0. The smallest absolute Gasteiger partial charge is 0.410 e. The lowest BCUT2D eigenvalue weighted by molar-refractivity contribution is 0.0110. The fraction of sp³-hybridized carbons (Fsp3) is 0.400. The molecule has 2 heterocycles. The van der Waals surface area contributed by atoms with E-state index in [1.807, 2.05) is 24.3 Å². The third-order valence-electron chi connectivity index (χ3n) is 8.31. The van der Waals surface area contributed by atoms with Gasteiger partial charge in [-0.1, -0.05) is 12.1 Å². The molecule has 3 aromatic carbocycles. The summed E-state index contributed by atoms with van der Waals surface area (Å²) in [7, 11) is -0.274. The molecule has 0 bridgehead atoms. The van der Waals surface area contributed by atoms with E-state index >= 15 is 8.78 Å². The highest BCUT2D eigenvalue weighted by Gasteiger charge is 2.36. The van der Waals surface area contributed by atoms with Gasteiger partial charge >= 0.3 is 6.09 Å². The molecule has 0 N–H and O–H groups in total. The van der Waals surface area contributed by atoms with E-state index in [-0.39, 0.29) is 36.7 Å². The molecule has 12 nitrogen and oxygen atoms in total. The maximum absolute atomic E-state index is 15.8. The third kappa shape index (κ3) is 8.79. The van der Waals surface area contributed by atoms with Gasteiger partial charge in [0.2, 0.25) is 5.13 Å². The summed E-state index contributed by atoms with van der Waals surface area (Å²) in [6, 6.07) is 13.6. The van der Waals surface area contributed by atoms with E-state index in [4.69, 9.17) is 23.7 Å². The fourth-order valence-corrected chi connectivity index (χ4v) is 7.98. The molecule has 1 aliphatic heterocycles. The van der Waals surface area contributed by atoms with Gasteiger partial charge in [-0.05, 0) is 62.9 Å². The van der Waals surface area contributed by atoms with Crippen molar-refractivity contribution in [3.63, 3.8) is 0 Å². The number of anilines is 1. The summed E-state index contributed by atoms with van der Waals surface area (Å²) in [6.45, 7) is 5.55. The summed E-state index contributed by atoms with van der Waals surface area (Å²) < 4.78 is 91.6. The molecule has 1 saturated heterocycles. The van der Waals surface area contributed by atoms with Crippen LogP contribution in [0.15, 0.2) is 65.8 Å². The molecule has 0 spiro atoms. The van der Waals surface area contributed by atoms with Crippen LogP contribution >= 0.6 is 11.5 Å². The van der Waals surface area contributed by atoms with E-state index < -0.39 is 44.0 Å². The number of rotatable bonds is 12. The first-order valence-electron chi connectivity index (χ1n) is 16.0. The maximum Gasteiger partial charge on any atom is 0.410 e. The molecule has 0 radical (unpaired) electrons. The van der Waals surface area contributed by atoms with E-state index in [1.165, 1.54) is 14.2 Å². The van der Waals surface area contributed by atoms with Gasteiger partial charge in [0.25, 0.3) is 10.0 Å². The standard InChI is InChI=1S/C35H40F2N4O8S2/c1-35(2,3)49-34(42)40-14-13-27(22-7-10-25(45-4)11-8-22)24(18-40)20-48-31-16-29(37)32(17-28(31)36)51(43,44)41(33-38-21-39-50-33)19-23-9-12-26(46-5)15-30(23)47-6/h7-12,15-17,21,24,27H,13-14,18-20H2,1-6H3/t24-,27?/m0/s1. The van der Waals surface area contributed by atoms with Crippen LogP contribution in [0.3, 0.4) is 0 Å². The highest BCUT2D eigenvalue weighted by molar-refractivity contribution is 7.93. The molecule has 1 unspecified atom stereocenters. The van der Waals surface area contributed by atoms with Crippen molar-refractivity contribution in [1.29, 1.82) is 0 Å². The number of methoxy groups -OCH3 is 3. The van der Waals surface area contributed by atoms with Crippen LogP contribution in [0.4, 0.5) is 18.7 Å². The zero-order valence-electron chi connectivity index (χ0n) is 29.1. The van der Waals surface area contributed by atoms with Crippen LogP contribution in [0.5, 0.6) is 23.0 Å². The summed E-state index contributed by atoms with van der Waals surface area (Å²) in [6.07, 6.45) is 1.24. The van der Waals surface area contributed by atoms with Crippen LogP contribution in [0.25, 0.3) is 0 Å². The molecule has 5 rings (SSSR count). The van der Waals surface area contributed by atoms with Gasteiger partial charge in [0.15, 0.2) is 11.6 Å². The van der Waals surface area contributed by atoms with Crippen molar-refractivity contribution in [3.05, 3.63) is 83.7 Å². The molecule has 16 heteroatoms. The molecule has 1 fully saturated rings. The minimum atomic E-state index is -4.74. The Morgan fingerprint density at radius 2 is 1.67 bits per heavy atom. The SMILES string of the molecule is COc1ccc(C2CCN(C(=O)OC(C)(C)C)C[C@H]2COc2cc(F)c(S(=O)(=O)N(Cc3ccc(OC)cc3OC)c3ncns3)cc2F)cc1. The monoisotopic (exact) mass is 746 g/mol. The van der Waals surface area contributed by atoms with Crippen molar-refractivity contribution < 1.29 is 45.7 Å². The van der Waals surface area contributed by atoms with Gasteiger partial charge in [-0.3, -0.25) is 0 Å². The van der Waals surface area contributed by atoms with Crippen molar-refractivity contribution >= 4 is 32.8 Å². The number of sulfonamides is 1. The highest BCUT2D eigenvalue weighted by Crippen LogP contribution is 2.37. The first kappa shape index (κ1) is 37.6. The molecule has 2 atom stereocenters. The van der Waals surface area contributed by atoms with E-state index in [2.05, 4.69) is 9.36 Å². The Bertz CT molecular complexity index is 1920. The van der Waals surface area contributed by atoms with Crippen LogP contribution in [0, 0.1) is 17.6 Å². The predicted octanol–water partition coefficient (Wildman–Crippen LogP) is 6.66. The zero-order chi connectivity index (χ0) is 36.9. The minimum absolute atomic E-state index is 0.0654. The molecule has 51 heavy (non-hydrogen) atoms. The lowest BCUT2D eigenvalue weighted by Crippen LogP contribution is -2.46. The van der Waals surface area contributed by atoms with Gasteiger partial charge in [-0.15, -0.1) is 0 Å². The number of benzene rings is 3. The summed E-state index contributed by atoms with van der Waals surface area (Å²) in [5, 5.41) is -0.0654. The Labute approximate surface area is 300 Å². The number of nitrogens with zero attached hydrogens (tertiary/aromatic N) is 4. The van der Waals surface area contributed by atoms with E-state index in [9.17, 15) is 13.2 Å². The third-order valence-corrected chi connectivity index (χ3v) is 10.9. The molecule has 4 aromatic rings. The second kappa shape index (κ2) is 15.7. The van der Waals surface area contributed by atoms with Gasteiger partial charge in [-0.25, -0.2) is 31.3 Å². The Morgan fingerprint density at radius 1 is 0.961 bits per heavy atom. The summed E-state index contributed by atoms with van der Waals surface area (Å²) in [5.74, 6) is -1.77. The van der Waals surface area contributed by atoms with Crippen molar-refractivity contribution in [3.8, 4) is 23.0 Å². The second-order valence-electron chi connectivity index (χ2n) is 12.8. The topological polar surface area (TPSA) is 130 Å². The Balaban J connectivity index is 1.41. The minimum Gasteiger partial charge on any atom is -0.497 e. The van der Waals surface area contributed by atoms with Crippen molar-refractivity contribution in [2.24, 2.45) is 5.92 Å². The number of hydrogen-bond acceptors (Lipinski definition) is 11. The number of aromatic nitrogens is 2. The average molecular weight is 747 g/mol. The summed E-state index contributed by atoms with van der Waals surface area (Å²) >= 11 is 0.771. The van der Waals surface area contributed by atoms with Crippen LogP contribution in [-0.4, -0.2) is 75.4 Å². The van der Waals surface area contributed by atoms with E-state index in [1.54, 1.807) is 51.0 Å². The Kier molecular flexibility index (Phi) is 11.5. The number of piperidine rings is 1. The first-order valence-corrected chi connectivity index (χ1v) is 18.2. The molecule has 1 amide bonds. The predicted molar refractivity (Wildman–Crippen MR) is 186 cm³/mol. The van der Waals surface area contributed by atoms with Gasteiger partial charge in [0, 0.05) is 54.3 Å². The molecule has 274 valence electrons. The number of carbonyl (C=O) groups is 1. The molecule has 1 aromatic heterocycles. The quantitative estimate of drug-likeness (QED) is 0.155. The van der Waals surface area contributed by atoms with E-state index in [0.717, 1.165) is 27.7 Å². The highest BCUT2D eigenvalue weighted by atomic mass is 32.2.